The van der Waals surface area contributed by atoms with Gasteiger partial charge < -0.3 is 5.11 Å². The van der Waals surface area contributed by atoms with E-state index in [2.05, 4.69) is 11.3 Å². The van der Waals surface area contributed by atoms with Gasteiger partial charge in [-0.3, -0.25) is 0 Å². The molecule has 0 spiro atoms. The number of aliphatic hydroxyl groups excluding tert-OH is 1. The lowest BCUT2D eigenvalue weighted by molar-refractivity contribution is 0.279. The van der Waals surface area contributed by atoms with Crippen molar-refractivity contribution in [1.29, 1.82) is 0 Å². The highest BCUT2D eigenvalue weighted by Crippen LogP contribution is 2.20. The van der Waals surface area contributed by atoms with Crippen molar-refractivity contribution < 1.29 is 13.5 Å². The number of benzene rings is 1. The number of sulfonamides is 1. The average Bonchev–Trinajstić information content (AvgIpc) is 2.35. The molecule has 1 aromatic carbocycles. The molecule has 2 N–H and O–H groups in total. The zero-order chi connectivity index (χ0) is 14.7. The van der Waals surface area contributed by atoms with Gasteiger partial charge in [0, 0.05) is 0 Å². The number of nitrogens with one attached hydrogen (secondary N) is 1. The van der Waals surface area contributed by atoms with E-state index in [1.54, 1.807) is 20.8 Å². The fourth-order valence-electron chi connectivity index (χ4n) is 1.44. The van der Waals surface area contributed by atoms with Gasteiger partial charge in [-0.1, -0.05) is 36.9 Å². The van der Waals surface area contributed by atoms with Crippen molar-refractivity contribution >= 4 is 15.6 Å². The minimum atomic E-state index is -3.53. The van der Waals surface area contributed by atoms with E-state index < -0.39 is 20.8 Å². The van der Waals surface area contributed by atoms with Crippen LogP contribution in [0.25, 0.3) is 5.57 Å². The standard InChI is InChI=1S/C14H21NO3S/c1-11(12-8-6-5-7-9-12)13(10-16)15-19(17,18)14(2,3)4/h5-9,13,15-16H,1,10H2,2-4H3. The minimum Gasteiger partial charge on any atom is -0.394 e. The van der Waals surface area contributed by atoms with E-state index in [1.165, 1.54) is 0 Å². The van der Waals surface area contributed by atoms with Crippen molar-refractivity contribution in [3.05, 3.63) is 42.5 Å². The van der Waals surface area contributed by atoms with Gasteiger partial charge in [-0.25, -0.2) is 13.1 Å². The lowest BCUT2D eigenvalue weighted by atomic mass is 10.0. The highest BCUT2D eigenvalue weighted by atomic mass is 32.2. The van der Waals surface area contributed by atoms with Crippen molar-refractivity contribution in [2.45, 2.75) is 31.6 Å². The molecule has 0 bridgehead atoms. The fraction of sp³-hybridized carbons (Fsp3) is 0.429. The smallest absolute Gasteiger partial charge is 0.217 e. The first-order valence-electron chi connectivity index (χ1n) is 6.06. The maximum absolute atomic E-state index is 12.1. The molecule has 0 heterocycles. The first kappa shape index (κ1) is 15.9. The molecule has 5 heteroatoms. The van der Waals surface area contributed by atoms with Crippen LogP contribution < -0.4 is 4.72 Å². The summed E-state index contributed by atoms with van der Waals surface area (Å²) in [6.45, 7) is 8.36. The molecule has 106 valence electrons. The van der Waals surface area contributed by atoms with Crippen LogP contribution in [-0.4, -0.2) is 30.9 Å². The highest BCUT2D eigenvalue weighted by molar-refractivity contribution is 7.90. The van der Waals surface area contributed by atoms with E-state index in [-0.39, 0.29) is 6.61 Å². The number of hydrogen-bond donors (Lipinski definition) is 2. The molecule has 1 atom stereocenters. The molecule has 0 saturated heterocycles. The van der Waals surface area contributed by atoms with Crippen molar-refractivity contribution in [3.63, 3.8) is 0 Å². The summed E-state index contributed by atoms with van der Waals surface area (Å²) in [6.07, 6.45) is 0. The Morgan fingerprint density at radius 3 is 2.26 bits per heavy atom. The Bertz CT molecular complexity index is 530. The van der Waals surface area contributed by atoms with E-state index in [4.69, 9.17) is 0 Å². The van der Waals surface area contributed by atoms with Crippen LogP contribution >= 0.6 is 0 Å². The summed E-state index contributed by atoms with van der Waals surface area (Å²) in [5.74, 6) is 0. The van der Waals surface area contributed by atoms with E-state index >= 15 is 0 Å². The molecular weight excluding hydrogens is 262 g/mol. The summed E-state index contributed by atoms with van der Waals surface area (Å²) in [5.41, 5.74) is 1.36. The van der Waals surface area contributed by atoms with Crippen molar-refractivity contribution in [2.75, 3.05) is 6.61 Å². The normalized spacial score (nSPS) is 14.1. The summed E-state index contributed by atoms with van der Waals surface area (Å²) in [4.78, 5) is 0. The van der Waals surface area contributed by atoms with Crippen molar-refractivity contribution in [2.24, 2.45) is 0 Å². The topological polar surface area (TPSA) is 66.4 Å². The molecule has 19 heavy (non-hydrogen) atoms. The lowest BCUT2D eigenvalue weighted by Crippen LogP contribution is -2.46. The molecule has 0 aliphatic rings. The van der Waals surface area contributed by atoms with Crippen LogP contribution in [0, 0.1) is 0 Å². The van der Waals surface area contributed by atoms with Gasteiger partial charge >= 0.3 is 0 Å². The predicted molar refractivity (Wildman–Crippen MR) is 78.2 cm³/mol. The van der Waals surface area contributed by atoms with Crippen LogP contribution in [0.4, 0.5) is 0 Å². The predicted octanol–water partition coefficient (Wildman–Crippen LogP) is 1.78. The molecule has 0 saturated carbocycles. The second kappa shape index (κ2) is 5.86. The molecule has 0 amide bonds. The molecule has 0 aliphatic carbocycles. The van der Waals surface area contributed by atoms with Crippen LogP contribution in [0.1, 0.15) is 26.3 Å². The first-order valence-corrected chi connectivity index (χ1v) is 7.54. The third-order valence-electron chi connectivity index (χ3n) is 2.85. The Hall–Kier alpha value is -1.17. The fourth-order valence-corrected chi connectivity index (χ4v) is 2.38. The van der Waals surface area contributed by atoms with Gasteiger partial charge in [-0.15, -0.1) is 0 Å². The van der Waals surface area contributed by atoms with Gasteiger partial charge in [0.1, 0.15) is 0 Å². The van der Waals surface area contributed by atoms with Crippen LogP contribution in [0.5, 0.6) is 0 Å². The molecule has 0 radical (unpaired) electrons. The van der Waals surface area contributed by atoms with Crippen LogP contribution in [0.2, 0.25) is 0 Å². The number of hydrogen-bond acceptors (Lipinski definition) is 3. The molecule has 4 nitrogen and oxygen atoms in total. The lowest BCUT2D eigenvalue weighted by Gasteiger charge is -2.25. The Balaban J connectivity index is 2.95. The maximum Gasteiger partial charge on any atom is 0.217 e. The molecule has 0 aromatic heterocycles. The minimum absolute atomic E-state index is 0.330. The second-order valence-electron chi connectivity index (χ2n) is 5.36. The third-order valence-corrected chi connectivity index (χ3v) is 5.06. The SMILES string of the molecule is C=C(c1ccccc1)C(CO)NS(=O)(=O)C(C)(C)C. The van der Waals surface area contributed by atoms with Crippen molar-refractivity contribution in [1.82, 2.24) is 4.72 Å². The first-order chi connectivity index (χ1) is 8.69. The molecule has 1 aromatic rings. The number of aliphatic hydroxyl groups is 1. The zero-order valence-corrected chi connectivity index (χ0v) is 12.4. The van der Waals surface area contributed by atoms with E-state index in [0.29, 0.717) is 5.57 Å². The summed E-state index contributed by atoms with van der Waals surface area (Å²) >= 11 is 0. The summed E-state index contributed by atoms with van der Waals surface area (Å²) in [5, 5.41) is 9.40. The Morgan fingerprint density at radius 1 is 1.32 bits per heavy atom. The summed E-state index contributed by atoms with van der Waals surface area (Å²) < 4.78 is 25.8. The number of rotatable bonds is 5. The van der Waals surface area contributed by atoms with Crippen LogP contribution in [-0.2, 0) is 10.0 Å². The van der Waals surface area contributed by atoms with Gasteiger partial charge in [0.2, 0.25) is 10.0 Å². The van der Waals surface area contributed by atoms with Crippen LogP contribution in [0.3, 0.4) is 0 Å². The largest absolute Gasteiger partial charge is 0.394 e. The molecular formula is C14H21NO3S. The van der Waals surface area contributed by atoms with Crippen LogP contribution in [0.15, 0.2) is 36.9 Å². The highest BCUT2D eigenvalue weighted by Gasteiger charge is 2.31. The molecule has 0 fully saturated rings. The molecule has 1 unspecified atom stereocenters. The van der Waals surface area contributed by atoms with Crippen molar-refractivity contribution in [3.8, 4) is 0 Å². The van der Waals surface area contributed by atoms with Gasteiger partial charge in [0.05, 0.1) is 17.4 Å². The molecule has 1 rings (SSSR count). The zero-order valence-electron chi connectivity index (χ0n) is 11.6. The summed E-state index contributed by atoms with van der Waals surface area (Å²) in [6, 6.07) is 8.49. The second-order valence-corrected chi connectivity index (χ2v) is 7.83. The maximum atomic E-state index is 12.1. The van der Waals surface area contributed by atoms with E-state index in [0.717, 1.165) is 5.56 Å². The quantitative estimate of drug-likeness (QED) is 0.865. The van der Waals surface area contributed by atoms with Gasteiger partial charge in [0.15, 0.2) is 0 Å². The molecule has 0 aliphatic heterocycles. The third kappa shape index (κ3) is 3.89. The van der Waals surface area contributed by atoms with E-state index in [9.17, 15) is 13.5 Å². The average molecular weight is 283 g/mol. The Kier molecular flexibility index (Phi) is 4.90. The Morgan fingerprint density at radius 2 is 1.84 bits per heavy atom. The summed E-state index contributed by atoms with van der Waals surface area (Å²) in [7, 11) is -3.53. The van der Waals surface area contributed by atoms with E-state index in [1.807, 2.05) is 30.3 Å². The Labute approximate surface area is 115 Å². The van der Waals surface area contributed by atoms with Gasteiger partial charge in [-0.2, -0.15) is 0 Å². The monoisotopic (exact) mass is 283 g/mol. The van der Waals surface area contributed by atoms with Gasteiger partial charge in [0.25, 0.3) is 0 Å². The van der Waals surface area contributed by atoms with Gasteiger partial charge in [-0.05, 0) is 31.9 Å².